The van der Waals surface area contributed by atoms with E-state index >= 15 is 0 Å². The van der Waals surface area contributed by atoms with E-state index in [1.807, 2.05) is 5.38 Å². The molecule has 0 fully saturated rings. The standard InChI is InChI=1S/C20H14FN3O2S/c1-26-20(25)14-4-8-17(9-5-14)23-11-15(10-22)19-24-18(12-27-19)13-2-6-16(21)7-3-13/h2-9,11-12,23H,1H3. The first-order valence-electron chi connectivity index (χ1n) is 7.87. The van der Waals surface area contributed by atoms with E-state index in [4.69, 9.17) is 0 Å². The molecule has 0 atom stereocenters. The monoisotopic (exact) mass is 379 g/mol. The summed E-state index contributed by atoms with van der Waals surface area (Å²) in [6.45, 7) is 0. The lowest BCUT2D eigenvalue weighted by molar-refractivity contribution is 0.0601. The average Bonchev–Trinajstić information content (AvgIpc) is 3.19. The van der Waals surface area contributed by atoms with Crippen LogP contribution >= 0.6 is 11.3 Å². The maximum Gasteiger partial charge on any atom is 0.337 e. The molecule has 5 nitrogen and oxygen atoms in total. The largest absolute Gasteiger partial charge is 0.465 e. The molecule has 0 aliphatic heterocycles. The summed E-state index contributed by atoms with van der Waals surface area (Å²) >= 11 is 1.33. The summed E-state index contributed by atoms with van der Waals surface area (Å²) in [5, 5.41) is 14.8. The number of thiazole rings is 1. The number of aromatic nitrogens is 1. The normalized spacial score (nSPS) is 10.9. The van der Waals surface area contributed by atoms with Gasteiger partial charge in [0, 0.05) is 22.8 Å². The zero-order valence-corrected chi connectivity index (χ0v) is 15.1. The second-order valence-electron chi connectivity index (χ2n) is 5.43. The van der Waals surface area contributed by atoms with Gasteiger partial charge in [-0.2, -0.15) is 5.26 Å². The second kappa shape index (κ2) is 8.25. The van der Waals surface area contributed by atoms with Gasteiger partial charge in [-0.1, -0.05) is 0 Å². The third-order valence-electron chi connectivity index (χ3n) is 3.68. The van der Waals surface area contributed by atoms with Crippen LogP contribution in [0.15, 0.2) is 60.1 Å². The first-order chi connectivity index (χ1) is 13.1. The van der Waals surface area contributed by atoms with Gasteiger partial charge in [0.2, 0.25) is 0 Å². The van der Waals surface area contributed by atoms with Crippen molar-refractivity contribution in [3.63, 3.8) is 0 Å². The molecule has 1 heterocycles. The van der Waals surface area contributed by atoms with Crippen LogP contribution < -0.4 is 5.32 Å². The molecule has 7 heteroatoms. The molecule has 0 bridgehead atoms. The molecule has 3 rings (SSSR count). The number of halogens is 1. The Kier molecular flexibility index (Phi) is 5.59. The Labute approximate surface area is 159 Å². The number of hydrogen-bond acceptors (Lipinski definition) is 6. The first kappa shape index (κ1) is 18.3. The second-order valence-corrected chi connectivity index (χ2v) is 6.29. The molecule has 1 N–H and O–H groups in total. The maximum absolute atomic E-state index is 13.0. The molecule has 0 saturated heterocycles. The molecule has 0 amide bonds. The van der Waals surface area contributed by atoms with Crippen LogP contribution in [0, 0.1) is 17.1 Å². The summed E-state index contributed by atoms with van der Waals surface area (Å²) in [6.07, 6.45) is 1.56. The van der Waals surface area contributed by atoms with Crippen molar-refractivity contribution in [2.24, 2.45) is 0 Å². The van der Waals surface area contributed by atoms with Gasteiger partial charge in [-0.05, 0) is 48.5 Å². The molecule has 0 spiro atoms. The van der Waals surface area contributed by atoms with Gasteiger partial charge in [0.25, 0.3) is 0 Å². The first-order valence-corrected chi connectivity index (χ1v) is 8.75. The van der Waals surface area contributed by atoms with Gasteiger partial charge in [0.15, 0.2) is 0 Å². The number of anilines is 1. The van der Waals surface area contributed by atoms with E-state index < -0.39 is 5.97 Å². The van der Waals surface area contributed by atoms with Crippen LogP contribution in [-0.4, -0.2) is 18.1 Å². The molecule has 0 aliphatic carbocycles. The fraction of sp³-hybridized carbons (Fsp3) is 0.0500. The highest BCUT2D eigenvalue weighted by molar-refractivity contribution is 7.11. The molecular formula is C20H14FN3O2S. The number of esters is 1. The number of ether oxygens (including phenoxy) is 1. The number of allylic oxidation sites excluding steroid dienone is 1. The molecule has 0 unspecified atom stereocenters. The molecule has 134 valence electrons. The number of rotatable bonds is 5. The topological polar surface area (TPSA) is 75.0 Å². The van der Waals surface area contributed by atoms with Crippen molar-refractivity contribution >= 4 is 28.6 Å². The quantitative estimate of drug-likeness (QED) is 0.513. The predicted molar refractivity (Wildman–Crippen MR) is 103 cm³/mol. The van der Waals surface area contributed by atoms with Crippen LogP contribution in [0.3, 0.4) is 0 Å². The number of carbonyl (C=O) groups is 1. The summed E-state index contributed by atoms with van der Waals surface area (Å²) in [4.78, 5) is 15.9. The molecule has 1 aromatic heterocycles. The highest BCUT2D eigenvalue weighted by Gasteiger charge is 2.09. The van der Waals surface area contributed by atoms with Crippen LogP contribution in [0.1, 0.15) is 15.4 Å². The summed E-state index contributed by atoms with van der Waals surface area (Å²) in [7, 11) is 1.32. The number of nitrogens with one attached hydrogen (secondary N) is 1. The van der Waals surface area contributed by atoms with Crippen LogP contribution in [0.4, 0.5) is 10.1 Å². The van der Waals surface area contributed by atoms with Crippen LogP contribution in [-0.2, 0) is 4.74 Å². The van der Waals surface area contributed by atoms with Crippen LogP contribution in [0.25, 0.3) is 16.8 Å². The van der Waals surface area contributed by atoms with Gasteiger partial charge in [-0.25, -0.2) is 14.2 Å². The zero-order valence-electron chi connectivity index (χ0n) is 14.3. The average molecular weight is 379 g/mol. The van der Waals surface area contributed by atoms with Crippen LogP contribution in [0.5, 0.6) is 0 Å². The summed E-state index contributed by atoms with van der Waals surface area (Å²) < 4.78 is 17.7. The maximum atomic E-state index is 13.0. The SMILES string of the molecule is COC(=O)c1ccc(NC=C(C#N)c2nc(-c3ccc(F)cc3)cs2)cc1. The zero-order chi connectivity index (χ0) is 19.2. The fourth-order valence-electron chi connectivity index (χ4n) is 2.27. The predicted octanol–water partition coefficient (Wildman–Crippen LogP) is 4.71. The number of nitriles is 1. The van der Waals surface area contributed by atoms with Gasteiger partial charge in [0.05, 0.1) is 18.4 Å². The van der Waals surface area contributed by atoms with E-state index in [0.717, 1.165) is 5.56 Å². The minimum atomic E-state index is -0.411. The van der Waals surface area contributed by atoms with Crippen molar-refractivity contribution in [3.05, 3.63) is 76.5 Å². The molecule has 0 aliphatic rings. The van der Waals surface area contributed by atoms with Gasteiger partial charge in [0.1, 0.15) is 22.5 Å². The van der Waals surface area contributed by atoms with E-state index in [9.17, 15) is 14.4 Å². The summed E-state index contributed by atoms with van der Waals surface area (Å²) in [5.41, 5.74) is 2.98. The Bertz CT molecular complexity index is 1020. The Morgan fingerprint density at radius 1 is 1.22 bits per heavy atom. The van der Waals surface area contributed by atoms with Crippen molar-refractivity contribution in [2.45, 2.75) is 0 Å². The van der Waals surface area contributed by atoms with Crippen LogP contribution in [0.2, 0.25) is 0 Å². The molecule has 2 aromatic carbocycles. The van der Waals surface area contributed by atoms with Gasteiger partial charge >= 0.3 is 5.97 Å². The number of carbonyl (C=O) groups excluding carboxylic acids is 1. The number of nitrogens with zero attached hydrogens (tertiary/aromatic N) is 2. The van der Waals surface area contributed by atoms with Crippen molar-refractivity contribution < 1.29 is 13.9 Å². The van der Waals surface area contributed by atoms with E-state index in [1.54, 1.807) is 42.6 Å². The number of hydrogen-bond donors (Lipinski definition) is 1. The van der Waals surface area contributed by atoms with E-state index in [1.165, 1.54) is 30.6 Å². The summed E-state index contributed by atoms with van der Waals surface area (Å²) in [5.74, 6) is -0.722. The van der Waals surface area contributed by atoms with Crippen molar-refractivity contribution in [1.29, 1.82) is 5.26 Å². The lowest BCUT2D eigenvalue weighted by atomic mass is 10.2. The Morgan fingerprint density at radius 3 is 2.56 bits per heavy atom. The van der Waals surface area contributed by atoms with Crippen molar-refractivity contribution in [2.75, 3.05) is 12.4 Å². The Morgan fingerprint density at radius 2 is 1.93 bits per heavy atom. The van der Waals surface area contributed by atoms with Gasteiger partial charge in [-0.15, -0.1) is 11.3 Å². The van der Waals surface area contributed by atoms with E-state index in [-0.39, 0.29) is 5.82 Å². The fourth-order valence-corrected chi connectivity index (χ4v) is 3.06. The lowest BCUT2D eigenvalue weighted by Gasteiger charge is -2.03. The highest BCUT2D eigenvalue weighted by Crippen LogP contribution is 2.26. The van der Waals surface area contributed by atoms with E-state index in [2.05, 4.69) is 21.1 Å². The Balaban J connectivity index is 1.76. The van der Waals surface area contributed by atoms with Crippen molar-refractivity contribution in [3.8, 4) is 17.3 Å². The molecule has 3 aromatic rings. The lowest BCUT2D eigenvalue weighted by Crippen LogP contribution is -2.00. The molecule has 0 radical (unpaired) electrons. The third-order valence-corrected chi connectivity index (χ3v) is 4.56. The Hall–Kier alpha value is -3.50. The smallest absolute Gasteiger partial charge is 0.337 e. The van der Waals surface area contributed by atoms with Crippen molar-refractivity contribution in [1.82, 2.24) is 4.98 Å². The minimum absolute atomic E-state index is 0.311. The molecule has 0 saturated carbocycles. The van der Waals surface area contributed by atoms with Gasteiger partial charge < -0.3 is 10.1 Å². The molecule has 27 heavy (non-hydrogen) atoms. The third kappa shape index (κ3) is 4.37. The molecular weight excluding hydrogens is 365 g/mol. The minimum Gasteiger partial charge on any atom is -0.465 e. The number of benzene rings is 2. The van der Waals surface area contributed by atoms with Gasteiger partial charge in [-0.3, -0.25) is 0 Å². The van der Waals surface area contributed by atoms with E-state index in [0.29, 0.717) is 27.5 Å². The number of methoxy groups -OCH3 is 1. The summed E-state index contributed by atoms with van der Waals surface area (Å²) in [6, 6.07) is 14.8. The highest BCUT2D eigenvalue weighted by atomic mass is 32.1.